The van der Waals surface area contributed by atoms with Gasteiger partial charge in [0.2, 0.25) is 0 Å². The van der Waals surface area contributed by atoms with Gasteiger partial charge in [-0.05, 0) is 11.1 Å². The first-order valence-electron chi connectivity index (χ1n) is 5.67. The quantitative estimate of drug-likeness (QED) is 0.765. The molecule has 1 aliphatic carbocycles. The molecule has 0 bridgehead atoms. The molecule has 0 heterocycles. The van der Waals surface area contributed by atoms with Crippen molar-refractivity contribution >= 4 is 0 Å². The van der Waals surface area contributed by atoms with Gasteiger partial charge >= 0.3 is 0 Å². The lowest BCUT2D eigenvalue weighted by atomic mass is 9.70. The van der Waals surface area contributed by atoms with Crippen molar-refractivity contribution in [1.82, 2.24) is 0 Å². The molecule has 0 aromatic heterocycles. The second kappa shape index (κ2) is 3.31. The minimum atomic E-state index is -1.49. The molecule has 1 aromatic carbocycles. The average Bonchev–Trinajstić information content (AvgIpc) is 2.48. The van der Waals surface area contributed by atoms with E-state index in [0.29, 0.717) is 5.56 Å². The third kappa shape index (κ3) is 1.12. The van der Waals surface area contributed by atoms with Crippen molar-refractivity contribution in [3.63, 3.8) is 0 Å². The van der Waals surface area contributed by atoms with Gasteiger partial charge in [0.1, 0.15) is 11.2 Å². The zero-order valence-corrected chi connectivity index (χ0v) is 10.3. The Morgan fingerprint density at radius 2 is 1.53 bits per heavy atom. The van der Waals surface area contributed by atoms with Gasteiger partial charge in [-0.3, -0.25) is 0 Å². The maximum absolute atomic E-state index is 10.8. The van der Waals surface area contributed by atoms with Crippen LogP contribution in [-0.4, -0.2) is 15.8 Å². The standard InChI is InChI=1S/C15H18O2/c1-5-14(16)12-10-8-7-9-11(12)13(3,4)15(14,17)6-2/h5-10,16-17H,1-2H2,3-4H3/t14-,15-/m0/s1. The Balaban J connectivity index is 2.86. The van der Waals surface area contributed by atoms with Gasteiger partial charge in [-0.25, -0.2) is 0 Å². The molecular formula is C15H18O2. The maximum atomic E-state index is 10.8. The Morgan fingerprint density at radius 1 is 1.00 bits per heavy atom. The first-order valence-corrected chi connectivity index (χ1v) is 5.67. The molecule has 90 valence electrons. The van der Waals surface area contributed by atoms with Crippen LogP contribution in [0.15, 0.2) is 49.6 Å². The Morgan fingerprint density at radius 3 is 2.00 bits per heavy atom. The number of hydrogen-bond acceptors (Lipinski definition) is 2. The largest absolute Gasteiger partial charge is 0.381 e. The molecule has 1 aliphatic rings. The zero-order chi connectivity index (χ0) is 12.9. The Bertz CT molecular complexity index is 489. The van der Waals surface area contributed by atoms with E-state index in [1.165, 1.54) is 12.2 Å². The van der Waals surface area contributed by atoms with Gasteiger partial charge in [0, 0.05) is 5.41 Å². The molecule has 17 heavy (non-hydrogen) atoms. The van der Waals surface area contributed by atoms with Crippen molar-refractivity contribution in [2.45, 2.75) is 30.5 Å². The lowest BCUT2D eigenvalue weighted by Crippen LogP contribution is -2.54. The van der Waals surface area contributed by atoms with Crippen LogP contribution in [0, 0.1) is 0 Å². The Hall–Kier alpha value is -1.38. The summed E-state index contributed by atoms with van der Waals surface area (Å²) in [6, 6.07) is 7.49. The molecule has 0 saturated carbocycles. The van der Waals surface area contributed by atoms with E-state index >= 15 is 0 Å². The minimum absolute atomic E-state index is 0.617. The van der Waals surface area contributed by atoms with Crippen molar-refractivity contribution in [2.24, 2.45) is 0 Å². The first kappa shape index (κ1) is 12.1. The summed E-state index contributed by atoms with van der Waals surface area (Å²) in [5.74, 6) is 0. The maximum Gasteiger partial charge on any atom is 0.141 e. The third-order valence-corrected chi connectivity index (χ3v) is 4.14. The second-order valence-electron chi connectivity index (χ2n) is 5.11. The number of fused-ring (bicyclic) bond motifs is 1. The second-order valence-corrected chi connectivity index (χ2v) is 5.11. The van der Waals surface area contributed by atoms with Gasteiger partial charge in [0.05, 0.1) is 0 Å². The number of rotatable bonds is 2. The average molecular weight is 230 g/mol. The summed E-state index contributed by atoms with van der Waals surface area (Å²) in [5, 5.41) is 21.6. The highest BCUT2D eigenvalue weighted by Crippen LogP contribution is 2.56. The van der Waals surface area contributed by atoms with Crippen LogP contribution in [0.25, 0.3) is 0 Å². The zero-order valence-electron chi connectivity index (χ0n) is 10.3. The predicted octanol–water partition coefficient (Wildman–Crippen LogP) is 2.27. The Kier molecular flexibility index (Phi) is 2.35. The van der Waals surface area contributed by atoms with Crippen LogP contribution in [0.2, 0.25) is 0 Å². The van der Waals surface area contributed by atoms with E-state index < -0.39 is 16.6 Å². The highest BCUT2D eigenvalue weighted by atomic mass is 16.4. The van der Waals surface area contributed by atoms with Crippen molar-refractivity contribution < 1.29 is 10.2 Å². The van der Waals surface area contributed by atoms with Gasteiger partial charge in [-0.15, -0.1) is 6.58 Å². The molecule has 0 fully saturated rings. The summed E-state index contributed by atoms with van der Waals surface area (Å²) >= 11 is 0. The monoisotopic (exact) mass is 230 g/mol. The molecule has 2 atom stereocenters. The number of aliphatic hydroxyl groups is 2. The van der Waals surface area contributed by atoms with E-state index in [1.54, 1.807) is 0 Å². The first-order chi connectivity index (χ1) is 7.85. The van der Waals surface area contributed by atoms with Crippen LogP contribution >= 0.6 is 0 Å². The van der Waals surface area contributed by atoms with Gasteiger partial charge in [-0.1, -0.05) is 56.8 Å². The fourth-order valence-corrected chi connectivity index (χ4v) is 2.92. The van der Waals surface area contributed by atoms with Crippen LogP contribution in [0.1, 0.15) is 25.0 Å². The fourth-order valence-electron chi connectivity index (χ4n) is 2.92. The van der Waals surface area contributed by atoms with Gasteiger partial charge in [0.15, 0.2) is 0 Å². The Labute approximate surface area is 102 Å². The lowest BCUT2D eigenvalue weighted by molar-refractivity contribution is -0.117. The lowest BCUT2D eigenvalue weighted by Gasteiger charge is -2.42. The summed E-state index contributed by atoms with van der Waals surface area (Å²) in [4.78, 5) is 0. The molecule has 0 aliphatic heterocycles. The fraction of sp³-hybridized carbons (Fsp3) is 0.333. The summed E-state index contributed by atoms with van der Waals surface area (Å²) in [7, 11) is 0. The van der Waals surface area contributed by atoms with Crippen LogP contribution in [-0.2, 0) is 11.0 Å². The molecule has 0 radical (unpaired) electrons. The summed E-state index contributed by atoms with van der Waals surface area (Å²) in [6.45, 7) is 11.1. The molecule has 0 spiro atoms. The molecule has 2 nitrogen and oxygen atoms in total. The van der Waals surface area contributed by atoms with Gasteiger partial charge in [-0.2, -0.15) is 0 Å². The molecule has 2 heteroatoms. The molecule has 0 amide bonds. The predicted molar refractivity (Wildman–Crippen MR) is 68.7 cm³/mol. The molecule has 0 unspecified atom stereocenters. The van der Waals surface area contributed by atoms with Crippen LogP contribution in [0.4, 0.5) is 0 Å². The van der Waals surface area contributed by atoms with Crippen molar-refractivity contribution in [1.29, 1.82) is 0 Å². The molecule has 2 N–H and O–H groups in total. The van der Waals surface area contributed by atoms with Crippen LogP contribution in [0.3, 0.4) is 0 Å². The SMILES string of the molecule is C=C[C@]1(O)c2ccccc2C(C)(C)[C@@]1(O)C=C. The third-order valence-electron chi connectivity index (χ3n) is 4.14. The number of benzene rings is 1. The van der Waals surface area contributed by atoms with E-state index in [2.05, 4.69) is 13.2 Å². The summed E-state index contributed by atoms with van der Waals surface area (Å²) < 4.78 is 0. The minimum Gasteiger partial charge on any atom is -0.381 e. The normalized spacial score (nSPS) is 34.1. The van der Waals surface area contributed by atoms with Crippen LogP contribution in [0.5, 0.6) is 0 Å². The molecular weight excluding hydrogens is 212 g/mol. The van der Waals surface area contributed by atoms with E-state index in [1.807, 2.05) is 38.1 Å². The van der Waals surface area contributed by atoms with E-state index in [-0.39, 0.29) is 0 Å². The highest BCUT2D eigenvalue weighted by Gasteiger charge is 2.63. The summed E-state index contributed by atoms with van der Waals surface area (Å²) in [5.41, 5.74) is -1.94. The smallest absolute Gasteiger partial charge is 0.141 e. The van der Waals surface area contributed by atoms with Crippen molar-refractivity contribution in [2.75, 3.05) is 0 Å². The topological polar surface area (TPSA) is 40.5 Å². The number of hydrogen-bond donors (Lipinski definition) is 2. The van der Waals surface area contributed by atoms with E-state index in [4.69, 9.17) is 0 Å². The van der Waals surface area contributed by atoms with Gasteiger partial charge in [0.25, 0.3) is 0 Å². The van der Waals surface area contributed by atoms with Crippen molar-refractivity contribution in [3.05, 3.63) is 60.7 Å². The summed E-state index contributed by atoms with van der Waals surface area (Å²) in [6.07, 6.45) is 2.80. The highest BCUT2D eigenvalue weighted by molar-refractivity contribution is 5.54. The van der Waals surface area contributed by atoms with E-state index in [0.717, 1.165) is 5.56 Å². The van der Waals surface area contributed by atoms with Crippen LogP contribution < -0.4 is 0 Å². The molecule has 0 saturated heterocycles. The molecule has 2 rings (SSSR count). The molecule has 1 aromatic rings. The van der Waals surface area contributed by atoms with Crippen molar-refractivity contribution in [3.8, 4) is 0 Å². The van der Waals surface area contributed by atoms with Gasteiger partial charge < -0.3 is 10.2 Å². The van der Waals surface area contributed by atoms with E-state index in [9.17, 15) is 10.2 Å².